The van der Waals surface area contributed by atoms with Gasteiger partial charge >= 0.3 is 0 Å². The lowest BCUT2D eigenvalue weighted by molar-refractivity contribution is 0.356. The van der Waals surface area contributed by atoms with E-state index in [9.17, 15) is 0 Å². The minimum Gasteiger partial charge on any atom is -0.316 e. The van der Waals surface area contributed by atoms with Crippen LogP contribution >= 0.6 is 22.6 Å². The maximum absolute atomic E-state index is 3.44. The summed E-state index contributed by atoms with van der Waals surface area (Å²) >= 11 is 2.46. The van der Waals surface area contributed by atoms with Gasteiger partial charge in [-0.25, -0.2) is 0 Å². The third-order valence-corrected chi connectivity index (χ3v) is 2.91. The van der Waals surface area contributed by atoms with Crippen LogP contribution in [0.3, 0.4) is 0 Å². The number of alkyl halides is 1. The summed E-state index contributed by atoms with van der Waals surface area (Å²) < 4.78 is 1.33. The molecule has 0 aromatic rings. The highest BCUT2D eigenvalue weighted by Crippen LogP contribution is 2.15. The minimum atomic E-state index is 0.989. The summed E-state index contributed by atoms with van der Waals surface area (Å²) in [5.41, 5.74) is 0. The van der Waals surface area contributed by atoms with Crippen molar-refractivity contribution >= 4 is 22.6 Å². The molecule has 1 unspecified atom stereocenters. The van der Waals surface area contributed by atoms with Gasteiger partial charge in [-0.05, 0) is 49.1 Å². The van der Waals surface area contributed by atoms with Crippen LogP contribution in [0.1, 0.15) is 25.7 Å². The average Bonchev–Trinajstić information content (AvgIpc) is 2.03. The number of hydrogen-bond donors (Lipinski definition) is 1. The summed E-state index contributed by atoms with van der Waals surface area (Å²) in [6.07, 6.45) is 5.71. The predicted molar refractivity (Wildman–Crippen MR) is 53.7 cm³/mol. The summed E-state index contributed by atoms with van der Waals surface area (Å²) in [5.74, 6) is 0.989. The SMILES string of the molecule is ICCCC1CCCNC1. The van der Waals surface area contributed by atoms with Crippen LogP contribution in [0.15, 0.2) is 0 Å². The van der Waals surface area contributed by atoms with Gasteiger partial charge in [0.1, 0.15) is 0 Å². The lowest BCUT2D eigenvalue weighted by Crippen LogP contribution is -2.29. The molecule has 0 bridgehead atoms. The van der Waals surface area contributed by atoms with Gasteiger partial charge < -0.3 is 5.32 Å². The third kappa shape index (κ3) is 3.19. The summed E-state index contributed by atoms with van der Waals surface area (Å²) in [5, 5.41) is 3.44. The Morgan fingerprint density at radius 1 is 1.50 bits per heavy atom. The first-order chi connectivity index (χ1) is 4.93. The molecule has 10 heavy (non-hydrogen) atoms. The average molecular weight is 253 g/mol. The summed E-state index contributed by atoms with van der Waals surface area (Å²) in [7, 11) is 0. The van der Waals surface area contributed by atoms with Gasteiger partial charge in [0.25, 0.3) is 0 Å². The second-order valence-electron chi connectivity index (χ2n) is 3.04. The van der Waals surface area contributed by atoms with Crippen molar-refractivity contribution < 1.29 is 0 Å². The van der Waals surface area contributed by atoms with Crippen LogP contribution in [0.4, 0.5) is 0 Å². The van der Waals surface area contributed by atoms with Crippen LogP contribution in [0.5, 0.6) is 0 Å². The number of rotatable bonds is 3. The van der Waals surface area contributed by atoms with E-state index < -0.39 is 0 Å². The largest absolute Gasteiger partial charge is 0.316 e. The Kier molecular flexibility index (Phi) is 4.70. The molecule has 0 aliphatic carbocycles. The molecule has 60 valence electrons. The zero-order valence-corrected chi connectivity index (χ0v) is 8.56. The second kappa shape index (κ2) is 5.35. The quantitative estimate of drug-likeness (QED) is 0.600. The van der Waals surface area contributed by atoms with E-state index in [4.69, 9.17) is 0 Å². The van der Waals surface area contributed by atoms with Gasteiger partial charge in [-0.15, -0.1) is 0 Å². The van der Waals surface area contributed by atoms with Gasteiger partial charge in [0.05, 0.1) is 0 Å². The molecular weight excluding hydrogens is 237 g/mol. The Morgan fingerprint density at radius 2 is 2.40 bits per heavy atom. The van der Waals surface area contributed by atoms with Crippen LogP contribution < -0.4 is 5.32 Å². The Labute approximate surface area is 77.1 Å². The van der Waals surface area contributed by atoms with E-state index in [1.54, 1.807) is 0 Å². The van der Waals surface area contributed by atoms with Crippen molar-refractivity contribution in [2.45, 2.75) is 25.7 Å². The number of halogens is 1. The highest BCUT2D eigenvalue weighted by molar-refractivity contribution is 14.1. The van der Waals surface area contributed by atoms with Crippen molar-refractivity contribution in [3.63, 3.8) is 0 Å². The maximum Gasteiger partial charge on any atom is -0.000462 e. The van der Waals surface area contributed by atoms with Crippen molar-refractivity contribution in [2.24, 2.45) is 5.92 Å². The monoisotopic (exact) mass is 253 g/mol. The van der Waals surface area contributed by atoms with Crippen molar-refractivity contribution in [3.8, 4) is 0 Å². The standard InChI is InChI=1S/C8H16IN/c9-5-1-3-8-4-2-6-10-7-8/h8,10H,1-7H2. The van der Waals surface area contributed by atoms with Crippen LogP contribution in [0.2, 0.25) is 0 Å². The molecule has 0 saturated carbocycles. The highest BCUT2D eigenvalue weighted by atomic mass is 127. The van der Waals surface area contributed by atoms with Crippen LogP contribution in [-0.4, -0.2) is 17.5 Å². The van der Waals surface area contributed by atoms with Gasteiger partial charge in [-0.1, -0.05) is 22.6 Å². The van der Waals surface area contributed by atoms with Gasteiger partial charge in [0.2, 0.25) is 0 Å². The molecule has 1 fully saturated rings. The Hall–Kier alpha value is 0.690. The molecule has 1 heterocycles. The van der Waals surface area contributed by atoms with E-state index in [-0.39, 0.29) is 0 Å². The Balaban J connectivity index is 2.02. The molecule has 2 heteroatoms. The molecule has 1 saturated heterocycles. The van der Waals surface area contributed by atoms with E-state index in [0.29, 0.717) is 0 Å². The molecular formula is C8H16IN. The lowest BCUT2D eigenvalue weighted by Gasteiger charge is -2.21. The van der Waals surface area contributed by atoms with Crippen LogP contribution in [0, 0.1) is 5.92 Å². The van der Waals surface area contributed by atoms with Crippen molar-refractivity contribution in [1.82, 2.24) is 5.32 Å². The fourth-order valence-electron chi connectivity index (χ4n) is 1.54. The fourth-order valence-corrected chi connectivity index (χ4v) is 1.98. The third-order valence-electron chi connectivity index (χ3n) is 2.14. The van der Waals surface area contributed by atoms with E-state index >= 15 is 0 Å². The fraction of sp³-hybridized carbons (Fsp3) is 1.00. The van der Waals surface area contributed by atoms with Gasteiger partial charge in [-0.3, -0.25) is 0 Å². The van der Waals surface area contributed by atoms with Gasteiger partial charge in [0.15, 0.2) is 0 Å². The summed E-state index contributed by atoms with van der Waals surface area (Å²) in [6.45, 7) is 2.53. The smallest absolute Gasteiger partial charge is 0.000462 e. The normalized spacial score (nSPS) is 26.7. The molecule has 1 atom stereocenters. The summed E-state index contributed by atoms with van der Waals surface area (Å²) in [4.78, 5) is 0. The number of nitrogens with one attached hydrogen (secondary N) is 1. The Morgan fingerprint density at radius 3 is 3.00 bits per heavy atom. The molecule has 1 aliphatic rings. The minimum absolute atomic E-state index is 0.989. The van der Waals surface area contributed by atoms with Crippen molar-refractivity contribution in [1.29, 1.82) is 0 Å². The van der Waals surface area contributed by atoms with E-state index in [2.05, 4.69) is 27.9 Å². The zero-order valence-electron chi connectivity index (χ0n) is 6.41. The van der Waals surface area contributed by atoms with E-state index in [0.717, 1.165) is 5.92 Å². The first-order valence-corrected chi connectivity index (χ1v) is 5.72. The predicted octanol–water partition coefficient (Wildman–Crippen LogP) is 2.20. The molecule has 1 N–H and O–H groups in total. The van der Waals surface area contributed by atoms with Crippen molar-refractivity contribution in [3.05, 3.63) is 0 Å². The molecule has 0 spiro atoms. The molecule has 1 nitrogen and oxygen atoms in total. The van der Waals surface area contributed by atoms with Crippen LogP contribution in [0.25, 0.3) is 0 Å². The molecule has 0 aromatic heterocycles. The molecule has 0 aromatic carbocycles. The van der Waals surface area contributed by atoms with E-state index in [1.165, 1.54) is 43.2 Å². The molecule has 1 aliphatic heterocycles. The van der Waals surface area contributed by atoms with E-state index in [1.807, 2.05) is 0 Å². The molecule has 1 rings (SSSR count). The zero-order chi connectivity index (χ0) is 7.23. The number of piperidine rings is 1. The highest BCUT2D eigenvalue weighted by Gasteiger charge is 2.11. The van der Waals surface area contributed by atoms with Gasteiger partial charge in [-0.2, -0.15) is 0 Å². The molecule has 0 amide bonds. The summed E-state index contributed by atoms with van der Waals surface area (Å²) in [6, 6.07) is 0. The first-order valence-electron chi connectivity index (χ1n) is 4.20. The molecule has 0 radical (unpaired) electrons. The topological polar surface area (TPSA) is 12.0 Å². The lowest BCUT2D eigenvalue weighted by atomic mass is 9.95. The van der Waals surface area contributed by atoms with Crippen LogP contribution in [-0.2, 0) is 0 Å². The number of hydrogen-bond acceptors (Lipinski definition) is 1. The maximum atomic E-state index is 3.44. The van der Waals surface area contributed by atoms with Crippen molar-refractivity contribution in [2.75, 3.05) is 17.5 Å². The second-order valence-corrected chi connectivity index (χ2v) is 4.12. The Bertz CT molecular complexity index is 79.3. The first kappa shape index (κ1) is 8.78. The van der Waals surface area contributed by atoms with Gasteiger partial charge in [0, 0.05) is 0 Å².